The van der Waals surface area contributed by atoms with Gasteiger partial charge in [-0.2, -0.15) is 5.26 Å². The van der Waals surface area contributed by atoms with Crippen molar-refractivity contribution in [2.45, 2.75) is 25.6 Å². The predicted molar refractivity (Wildman–Crippen MR) is 93.2 cm³/mol. The van der Waals surface area contributed by atoms with Gasteiger partial charge >= 0.3 is 0 Å². The van der Waals surface area contributed by atoms with Crippen LogP contribution in [0.25, 0.3) is 0 Å². The van der Waals surface area contributed by atoms with E-state index in [1.165, 1.54) is 0 Å². The molecule has 1 amide bonds. The molecule has 2 aromatic carbocycles. The number of nitriles is 1. The van der Waals surface area contributed by atoms with Crippen LogP contribution in [-0.4, -0.2) is 25.2 Å². The fourth-order valence-electron chi connectivity index (χ4n) is 2.71. The van der Waals surface area contributed by atoms with Crippen molar-refractivity contribution in [3.63, 3.8) is 0 Å². The quantitative estimate of drug-likeness (QED) is 0.880. The van der Waals surface area contributed by atoms with Gasteiger partial charge in [0.05, 0.1) is 17.7 Å². The highest BCUT2D eigenvalue weighted by Crippen LogP contribution is 2.15. The number of hydrogen-bond acceptors (Lipinski definition) is 4. The molecule has 1 N–H and O–H groups in total. The van der Waals surface area contributed by atoms with Crippen molar-refractivity contribution in [2.75, 3.05) is 13.2 Å². The second kappa shape index (κ2) is 8.32. The van der Waals surface area contributed by atoms with Crippen molar-refractivity contribution < 1.29 is 14.3 Å². The van der Waals surface area contributed by atoms with Gasteiger partial charge in [-0.05, 0) is 54.8 Å². The summed E-state index contributed by atoms with van der Waals surface area (Å²) in [6.07, 6.45) is 2.19. The van der Waals surface area contributed by atoms with Crippen LogP contribution >= 0.6 is 0 Å². The molecule has 1 fully saturated rings. The Morgan fingerprint density at radius 2 is 2.12 bits per heavy atom. The van der Waals surface area contributed by atoms with Gasteiger partial charge in [0.2, 0.25) is 0 Å². The minimum Gasteiger partial charge on any atom is -0.489 e. The number of rotatable bonds is 6. The van der Waals surface area contributed by atoms with Crippen molar-refractivity contribution in [1.29, 1.82) is 5.26 Å². The van der Waals surface area contributed by atoms with Crippen LogP contribution in [0.1, 0.15) is 34.3 Å². The summed E-state index contributed by atoms with van der Waals surface area (Å²) in [5.74, 6) is 0.586. The van der Waals surface area contributed by atoms with Crippen molar-refractivity contribution in [1.82, 2.24) is 5.32 Å². The number of hydrogen-bond donors (Lipinski definition) is 1. The lowest BCUT2D eigenvalue weighted by atomic mass is 10.1. The Morgan fingerprint density at radius 1 is 1.28 bits per heavy atom. The number of carbonyl (C=O) groups is 1. The molecular formula is C20H20N2O3. The molecule has 2 aromatic rings. The van der Waals surface area contributed by atoms with E-state index in [1.54, 1.807) is 30.3 Å². The molecule has 1 heterocycles. The molecule has 0 bridgehead atoms. The summed E-state index contributed by atoms with van der Waals surface area (Å²) >= 11 is 0. The summed E-state index contributed by atoms with van der Waals surface area (Å²) < 4.78 is 11.2. The molecule has 1 atom stereocenters. The van der Waals surface area contributed by atoms with Gasteiger partial charge < -0.3 is 14.8 Å². The zero-order valence-electron chi connectivity index (χ0n) is 13.9. The number of benzene rings is 2. The van der Waals surface area contributed by atoms with Crippen molar-refractivity contribution >= 4 is 5.91 Å². The lowest BCUT2D eigenvalue weighted by molar-refractivity contribution is 0.0857. The molecule has 0 spiro atoms. The molecule has 0 saturated carbocycles. The molecule has 1 aliphatic rings. The molecule has 0 aromatic heterocycles. The van der Waals surface area contributed by atoms with E-state index in [9.17, 15) is 4.79 Å². The third kappa shape index (κ3) is 4.82. The molecule has 3 rings (SSSR count). The molecule has 1 saturated heterocycles. The van der Waals surface area contributed by atoms with Gasteiger partial charge in [0.15, 0.2) is 0 Å². The predicted octanol–water partition coefficient (Wildman–Crippen LogP) is 3.05. The summed E-state index contributed by atoms with van der Waals surface area (Å²) in [6.45, 7) is 1.69. The Labute approximate surface area is 147 Å². The molecule has 0 aliphatic carbocycles. The highest BCUT2D eigenvalue weighted by molar-refractivity contribution is 5.94. The zero-order chi connectivity index (χ0) is 17.5. The number of nitrogens with zero attached hydrogens (tertiary/aromatic N) is 1. The van der Waals surface area contributed by atoms with Crippen LogP contribution in [0, 0.1) is 11.3 Å². The van der Waals surface area contributed by atoms with E-state index in [1.807, 2.05) is 18.2 Å². The summed E-state index contributed by atoms with van der Waals surface area (Å²) in [6, 6.07) is 16.4. The molecule has 5 heteroatoms. The molecule has 0 radical (unpaired) electrons. The van der Waals surface area contributed by atoms with Crippen molar-refractivity contribution in [2.24, 2.45) is 0 Å². The van der Waals surface area contributed by atoms with Gasteiger partial charge in [-0.15, -0.1) is 0 Å². The third-order valence-corrected chi connectivity index (χ3v) is 4.09. The number of amides is 1. The van der Waals surface area contributed by atoms with E-state index in [2.05, 4.69) is 11.4 Å². The normalized spacial score (nSPS) is 16.2. The average Bonchev–Trinajstić information content (AvgIpc) is 3.19. The van der Waals surface area contributed by atoms with Crippen LogP contribution in [0.3, 0.4) is 0 Å². The highest BCUT2D eigenvalue weighted by atomic mass is 16.5. The maximum atomic E-state index is 12.3. The molecule has 128 valence electrons. The minimum absolute atomic E-state index is 0.101. The maximum absolute atomic E-state index is 12.3. The fraction of sp³-hybridized carbons (Fsp3) is 0.300. The Balaban J connectivity index is 1.54. The number of ether oxygens (including phenoxy) is 2. The van der Waals surface area contributed by atoms with E-state index < -0.39 is 0 Å². The Bertz CT molecular complexity index is 759. The number of carbonyl (C=O) groups excluding carboxylic acids is 1. The monoisotopic (exact) mass is 336 g/mol. The molecule has 5 nitrogen and oxygen atoms in total. The molecular weight excluding hydrogens is 316 g/mol. The molecule has 25 heavy (non-hydrogen) atoms. The maximum Gasteiger partial charge on any atom is 0.251 e. The van der Waals surface area contributed by atoms with Gasteiger partial charge in [0.1, 0.15) is 12.4 Å². The van der Waals surface area contributed by atoms with Crippen LogP contribution in [0.15, 0.2) is 48.5 Å². The third-order valence-electron chi connectivity index (χ3n) is 4.09. The second-order valence-corrected chi connectivity index (χ2v) is 5.97. The van der Waals surface area contributed by atoms with Gasteiger partial charge in [-0.3, -0.25) is 4.79 Å². The first kappa shape index (κ1) is 17.0. The Morgan fingerprint density at radius 3 is 2.84 bits per heavy atom. The Kier molecular flexibility index (Phi) is 5.65. The summed E-state index contributed by atoms with van der Waals surface area (Å²) in [5, 5.41) is 11.7. The van der Waals surface area contributed by atoms with Crippen molar-refractivity contribution in [3.8, 4) is 11.8 Å². The zero-order valence-corrected chi connectivity index (χ0v) is 13.9. The smallest absolute Gasteiger partial charge is 0.251 e. The van der Waals surface area contributed by atoms with Crippen molar-refractivity contribution in [3.05, 3.63) is 65.2 Å². The lowest BCUT2D eigenvalue weighted by Crippen LogP contribution is -2.31. The second-order valence-electron chi connectivity index (χ2n) is 5.97. The average molecular weight is 336 g/mol. The number of nitrogens with one attached hydrogen (secondary N) is 1. The molecule has 1 aliphatic heterocycles. The first-order valence-corrected chi connectivity index (χ1v) is 8.36. The summed E-state index contributed by atoms with van der Waals surface area (Å²) in [7, 11) is 0. The van der Waals surface area contributed by atoms with Gasteiger partial charge in [0, 0.05) is 18.7 Å². The Hall–Kier alpha value is -2.84. The first-order chi connectivity index (χ1) is 12.2. The fourth-order valence-corrected chi connectivity index (χ4v) is 2.71. The van der Waals surface area contributed by atoms with Gasteiger partial charge in [-0.1, -0.05) is 12.1 Å². The standard InChI is InChI=1S/C20H20N2O3/c21-12-15-6-8-18(9-7-15)25-14-16-3-1-4-17(11-16)20(23)22-13-19-5-2-10-24-19/h1,3-4,6-9,11,19H,2,5,10,13-14H2,(H,22,23)/t19-/m1/s1. The van der Waals surface area contributed by atoms with E-state index >= 15 is 0 Å². The van der Waals surface area contributed by atoms with Crippen LogP contribution in [-0.2, 0) is 11.3 Å². The van der Waals surface area contributed by atoms with Gasteiger partial charge in [-0.25, -0.2) is 0 Å². The van der Waals surface area contributed by atoms with Crippen LogP contribution < -0.4 is 10.1 Å². The van der Waals surface area contributed by atoms with E-state index in [0.29, 0.717) is 30.0 Å². The highest BCUT2D eigenvalue weighted by Gasteiger charge is 2.16. The van der Waals surface area contributed by atoms with E-state index in [-0.39, 0.29) is 12.0 Å². The van der Waals surface area contributed by atoms with E-state index in [0.717, 1.165) is 25.0 Å². The largest absolute Gasteiger partial charge is 0.489 e. The van der Waals surface area contributed by atoms with E-state index in [4.69, 9.17) is 14.7 Å². The van der Waals surface area contributed by atoms with Crippen LogP contribution in [0.2, 0.25) is 0 Å². The molecule has 0 unspecified atom stereocenters. The SMILES string of the molecule is N#Cc1ccc(OCc2cccc(C(=O)NC[C@H]3CCCO3)c2)cc1. The van der Waals surface area contributed by atoms with Crippen LogP contribution in [0.5, 0.6) is 5.75 Å². The minimum atomic E-state index is -0.101. The topological polar surface area (TPSA) is 71.3 Å². The summed E-state index contributed by atoms with van der Waals surface area (Å²) in [5.41, 5.74) is 2.12. The van der Waals surface area contributed by atoms with Gasteiger partial charge in [0.25, 0.3) is 5.91 Å². The first-order valence-electron chi connectivity index (χ1n) is 8.36. The summed E-state index contributed by atoms with van der Waals surface area (Å²) in [4.78, 5) is 12.3. The van der Waals surface area contributed by atoms with Crippen LogP contribution in [0.4, 0.5) is 0 Å². The lowest BCUT2D eigenvalue weighted by Gasteiger charge is -2.11.